The molecule has 0 bridgehead atoms. The van der Waals surface area contributed by atoms with E-state index < -0.39 is 0 Å². The van der Waals surface area contributed by atoms with Crippen LogP contribution in [0.3, 0.4) is 0 Å². The lowest BCUT2D eigenvalue weighted by molar-refractivity contribution is 0.0566. The van der Waals surface area contributed by atoms with Crippen LogP contribution < -0.4 is 0 Å². The van der Waals surface area contributed by atoms with Gasteiger partial charge in [-0.3, -0.25) is 0 Å². The molecule has 0 aromatic heterocycles. The molecule has 2 saturated heterocycles. The van der Waals surface area contributed by atoms with Gasteiger partial charge in [-0.2, -0.15) is 0 Å². The van der Waals surface area contributed by atoms with Gasteiger partial charge in [-0.15, -0.1) is 0 Å². The van der Waals surface area contributed by atoms with E-state index in [4.69, 9.17) is 9.47 Å². The summed E-state index contributed by atoms with van der Waals surface area (Å²) in [5, 5.41) is 0. The molecule has 0 radical (unpaired) electrons. The number of fused-ring (bicyclic) bond motifs is 1. The molecule has 1 aromatic carbocycles. The van der Waals surface area contributed by atoms with Gasteiger partial charge >= 0.3 is 0 Å². The Morgan fingerprint density at radius 3 is 2.81 bits per heavy atom. The predicted octanol–water partition coefficient (Wildman–Crippen LogP) is 2.65. The first kappa shape index (κ1) is 10.1. The molecular formula is C14H16O2. The molecule has 0 saturated carbocycles. The molecule has 3 rings (SSSR count). The van der Waals surface area contributed by atoms with Crippen LogP contribution >= 0.6 is 0 Å². The smallest absolute Gasteiger partial charge is 0.0867 e. The highest BCUT2D eigenvalue weighted by atomic mass is 16.6. The third kappa shape index (κ3) is 2.04. The first-order chi connectivity index (χ1) is 7.92. The zero-order valence-electron chi connectivity index (χ0n) is 9.21. The summed E-state index contributed by atoms with van der Waals surface area (Å²) < 4.78 is 11.5. The minimum atomic E-state index is 0.232. The Labute approximate surface area is 95.9 Å². The lowest BCUT2D eigenvalue weighted by atomic mass is 10.1. The summed E-state index contributed by atoms with van der Waals surface area (Å²) in [4.78, 5) is 0. The summed E-state index contributed by atoms with van der Waals surface area (Å²) in [5.41, 5.74) is 1.23. The van der Waals surface area contributed by atoms with E-state index in [9.17, 15) is 0 Å². The maximum absolute atomic E-state index is 5.90. The maximum atomic E-state index is 5.90. The maximum Gasteiger partial charge on any atom is 0.0867 e. The van der Waals surface area contributed by atoms with E-state index in [1.54, 1.807) is 0 Å². The van der Waals surface area contributed by atoms with Crippen LogP contribution in [0.15, 0.2) is 36.4 Å². The van der Waals surface area contributed by atoms with Crippen molar-refractivity contribution in [3.8, 4) is 0 Å². The van der Waals surface area contributed by atoms with Crippen LogP contribution in [-0.2, 0) is 9.47 Å². The van der Waals surface area contributed by atoms with Gasteiger partial charge in [-0.25, -0.2) is 0 Å². The number of ether oxygens (including phenoxy) is 2. The molecule has 2 heteroatoms. The Balaban J connectivity index is 1.62. The molecule has 2 nitrogen and oxygen atoms in total. The minimum Gasteiger partial charge on any atom is -0.375 e. The second-order valence-corrected chi connectivity index (χ2v) is 4.42. The van der Waals surface area contributed by atoms with Crippen LogP contribution in [0.25, 0.3) is 6.08 Å². The number of rotatable bonds is 2. The van der Waals surface area contributed by atoms with Gasteiger partial charge in [0, 0.05) is 13.0 Å². The molecule has 0 spiro atoms. The molecule has 84 valence electrons. The molecule has 0 amide bonds. The molecular weight excluding hydrogens is 200 g/mol. The number of benzene rings is 1. The SMILES string of the molecule is C(=CC1CC2OCCC2O1)c1ccccc1. The summed E-state index contributed by atoms with van der Waals surface area (Å²) >= 11 is 0. The summed E-state index contributed by atoms with van der Waals surface area (Å²) in [5.74, 6) is 0. The van der Waals surface area contributed by atoms with Crippen molar-refractivity contribution < 1.29 is 9.47 Å². The molecule has 0 N–H and O–H groups in total. The Morgan fingerprint density at radius 1 is 1.12 bits per heavy atom. The molecule has 3 atom stereocenters. The second kappa shape index (κ2) is 4.40. The fraction of sp³-hybridized carbons (Fsp3) is 0.429. The summed E-state index contributed by atoms with van der Waals surface area (Å²) in [6, 6.07) is 10.3. The summed E-state index contributed by atoms with van der Waals surface area (Å²) in [6.45, 7) is 0.866. The number of hydrogen-bond acceptors (Lipinski definition) is 2. The van der Waals surface area contributed by atoms with Crippen molar-refractivity contribution in [3.05, 3.63) is 42.0 Å². The van der Waals surface area contributed by atoms with Crippen molar-refractivity contribution in [2.45, 2.75) is 31.2 Å². The zero-order chi connectivity index (χ0) is 10.8. The highest BCUT2D eigenvalue weighted by Crippen LogP contribution is 2.31. The molecule has 3 unspecified atom stereocenters. The monoisotopic (exact) mass is 216 g/mol. The van der Waals surface area contributed by atoms with Gasteiger partial charge in [0.05, 0.1) is 18.3 Å². The Bertz CT molecular complexity index is 360. The van der Waals surface area contributed by atoms with E-state index in [1.165, 1.54) is 5.56 Å². The molecule has 16 heavy (non-hydrogen) atoms. The first-order valence-electron chi connectivity index (χ1n) is 5.92. The van der Waals surface area contributed by atoms with Crippen LogP contribution in [0.5, 0.6) is 0 Å². The minimum absolute atomic E-state index is 0.232. The molecule has 0 aliphatic carbocycles. The van der Waals surface area contributed by atoms with Crippen molar-refractivity contribution in [1.82, 2.24) is 0 Å². The van der Waals surface area contributed by atoms with Gasteiger partial charge in [0.2, 0.25) is 0 Å². The zero-order valence-corrected chi connectivity index (χ0v) is 9.21. The van der Waals surface area contributed by atoms with Gasteiger partial charge in [-0.05, 0) is 12.0 Å². The average molecular weight is 216 g/mol. The van der Waals surface area contributed by atoms with Crippen LogP contribution in [0.4, 0.5) is 0 Å². The van der Waals surface area contributed by atoms with Crippen LogP contribution in [0, 0.1) is 0 Å². The Morgan fingerprint density at radius 2 is 2.00 bits per heavy atom. The van der Waals surface area contributed by atoms with E-state index >= 15 is 0 Å². The average Bonchev–Trinajstić information content (AvgIpc) is 2.88. The second-order valence-electron chi connectivity index (χ2n) is 4.42. The summed E-state index contributed by atoms with van der Waals surface area (Å²) in [6.07, 6.45) is 7.25. The van der Waals surface area contributed by atoms with Gasteiger partial charge < -0.3 is 9.47 Å². The van der Waals surface area contributed by atoms with Gasteiger partial charge in [-0.1, -0.05) is 42.5 Å². The van der Waals surface area contributed by atoms with Gasteiger partial charge in [0.15, 0.2) is 0 Å². The van der Waals surface area contributed by atoms with E-state index in [0.717, 1.165) is 19.4 Å². The van der Waals surface area contributed by atoms with Crippen LogP contribution in [0.2, 0.25) is 0 Å². The van der Waals surface area contributed by atoms with E-state index in [2.05, 4.69) is 24.3 Å². The van der Waals surface area contributed by atoms with Gasteiger partial charge in [0.1, 0.15) is 0 Å². The Kier molecular flexibility index (Phi) is 2.77. The predicted molar refractivity (Wildman–Crippen MR) is 63.1 cm³/mol. The van der Waals surface area contributed by atoms with Crippen LogP contribution in [0.1, 0.15) is 18.4 Å². The normalized spacial score (nSPS) is 33.4. The van der Waals surface area contributed by atoms with Crippen molar-refractivity contribution in [2.24, 2.45) is 0 Å². The molecule has 2 fully saturated rings. The van der Waals surface area contributed by atoms with Crippen molar-refractivity contribution in [3.63, 3.8) is 0 Å². The third-order valence-electron chi connectivity index (χ3n) is 3.27. The molecule has 2 aliphatic heterocycles. The van der Waals surface area contributed by atoms with Crippen molar-refractivity contribution in [2.75, 3.05) is 6.61 Å². The highest BCUT2D eigenvalue weighted by molar-refractivity contribution is 5.49. The molecule has 2 aliphatic rings. The largest absolute Gasteiger partial charge is 0.375 e. The molecule has 2 heterocycles. The lowest BCUT2D eigenvalue weighted by Crippen LogP contribution is -2.13. The quantitative estimate of drug-likeness (QED) is 0.756. The number of hydrogen-bond donors (Lipinski definition) is 0. The fourth-order valence-corrected chi connectivity index (χ4v) is 2.42. The lowest BCUT2D eigenvalue weighted by Gasteiger charge is -2.06. The fourth-order valence-electron chi connectivity index (χ4n) is 2.42. The van der Waals surface area contributed by atoms with Gasteiger partial charge in [0.25, 0.3) is 0 Å². The van der Waals surface area contributed by atoms with E-state index in [1.807, 2.05) is 18.2 Å². The van der Waals surface area contributed by atoms with E-state index in [0.29, 0.717) is 12.2 Å². The van der Waals surface area contributed by atoms with Crippen LogP contribution in [-0.4, -0.2) is 24.9 Å². The summed E-state index contributed by atoms with van der Waals surface area (Å²) in [7, 11) is 0. The topological polar surface area (TPSA) is 18.5 Å². The third-order valence-corrected chi connectivity index (χ3v) is 3.27. The van der Waals surface area contributed by atoms with Crippen molar-refractivity contribution >= 4 is 6.08 Å². The highest BCUT2D eigenvalue weighted by Gasteiger charge is 2.38. The van der Waals surface area contributed by atoms with Crippen molar-refractivity contribution in [1.29, 1.82) is 0 Å². The first-order valence-corrected chi connectivity index (χ1v) is 5.92. The Hall–Kier alpha value is -1.12. The van der Waals surface area contributed by atoms with E-state index in [-0.39, 0.29) is 6.10 Å². The standard InChI is InChI=1S/C14H16O2/c1-2-4-11(5-3-1)6-7-12-10-14-13(16-12)8-9-15-14/h1-7,12-14H,8-10H2. The molecule has 1 aromatic rings.